The predicted molar refractivity (Wildman–Crippen MR) is 82.2 cm³/mol. The van der Waals surface area contributed by atoms with E-state index in [0.717, 1.165) is 38.5 Å². The molecular weight excluding hydrogens is 268 g/mol. The minimum atomic E-state index is 0.889. The molecule has 2 aromatic heterocycles. The molecule has 1 fully saturated rings. The zero-order chi connectivity index (χ0) is 13.4. The molecule has 0 aromatic carbocycles. The molecule has 1 N–H and O–H groups in total. The maximum Gasteiger partial charge on any atom is 0.143 e. The standard InChI is InChI=1S/C15H20N4S/c1-2-4-13-11(3-1)12-9-17-14(18-15(12)20-13)10-19-7-5-16-6-8-19/h9,16H,1-8,10H2. The van der Waals surface area contributed by atoms with Crippen molar-refractivity contribution in [1.82, 2.24) is 20.2 Å². The minimum absolute atomic E-state index is 0.889. The molecule has 0 amide bonds. The van der Waals surface area contributed by atoms with E-state index in [4.69, 9.17) is 4.98 Å². The highest BCUT2D eigenvalue weighted by Crippen LogP contribution is 2.34. The van der Waals surface area contributed by atoms with Crippen LogP contribution in [0.4, 0.5) is 0 Å². The molecule has 2 aromatic rings. The molecule has 0 unspecified atom stereocenters. The van der Waals surface area contributed by atoms with Gasteiger partial charge in [0, 0.05) is 42.6 Å². The second kappa shape index (κ2) is 5.39. The monoisotopic (exact) mass is 288 g/mol. The van der Waals surface area contributed by atoms with E-state index >= 15 is 0 Å². The third-order valence-electron chi connectivity index (χ3n) is 4.34. The van der Waals surface area contributed by atoms with Crippen LogP contribution in [0.5, 0.6) is 0 Å². The highest BCUT2D eigenvalue weighted by molar-refractivity contribution is 7.18. The van der Waals surface area contributed by atoms with Crippen LogP contribution in [0, 0.1) is 0 Å². The molecule has 3 heterocycles. The summed E-state index contributed by atoms with van der Waals surface area (Å²) >= 11 is 1.89. The van der Waals surface area contributed by atoms with Crippen LogP contribution in [0.3, 0.4) is 0 Å². The lowest BCUT2D eigenvalue weighted by molar-refractivity contribution is 0.228. The van der Waals surface area contributed by atoms with Gasteiger partial charge in [0.05, 0.1) is 6.54 Å². The molecule has 0 bridgehead atoms. The summed E-state index contributed by atoms with van der Waals surface area (Å²) in [5, 5.41) is 4.70. The Morgan fingerprint density at radius 2 is 2.05 bits per heavy atom. The first-order valence-electron chi connectivity index (χ1n) is 7.59. The number of piperazine rings is 1. The predicted octanol–water partition coefficient (Wildman–Crippen LogP) is 1.98. The SMILES string of the molecule is c1nc(CN2CCNCC2)nc2sc3c(c12)CCCC3. The fourth-order valence-electron chi connectivity index (χ4n) is 3.22. The zero-order valence-electron chi connectivity index (χ0n) is 11.7. The van der Waals surface area contributed by atoms with Crippen LogP contribution >= 0.6 is 11.3 Å². The van der Waals surface area contributed by atoms with Gasteiger partial charge in [0.2, 0.25) is 0 Å². The summed E-state index contributed by atoms with van der Waals surface area (Å²) in [5.41, 5.74) is 1.53. The second-order valence-electron chi connectivity index (χ2n) is 5.74. The van der Waals surface area contributed by atoms with E-state index in [9.17, 15) is 0 Å². The van der Waals surface area contributed by atoms with Gasteiger partial charge in [-0.3, -0.25) is 4.90 Å². The van der Waals surface area contributed by atoms with Crippen LogP contribution in [-0.4, -0.2) is 41.0 Å². The van der Waals surface area contributed by atoms with Crippen LogP contribution in [0.2, 0.25) is 0 Å². The number of aryl methyl sites for hydroxylation is 2. The summed E-state index contributed by atoms with van der Waals surface area (Å²) in [7, 11) is 0. The Bertz CT molecular complexity index is 616. The van der Waals surface area contributed by atoms with Crippen molar-refractivity contribution in [2.75, 3.05) is 26.2 Å². The Labute approximate surface area is 123 Å². The summed E-state index contributed by atoms with van der Waals surface area (Å²) in [6, 6.07) is 0. The van der Waals surface area contributed by atoms with Crippen LogP contribution in [0.15, 0.2) is 6.20 Å². The van der Waals surface area contributed by atoms with Crippen LogP contribution in [-0.2, 0) is 19.4 Å². The van der Waals surface area contributed by atoms with Crippen molar-refractivity contribution in [3.8, 4) is 0 Å². The highest BCUT2D eigenvalue weighted by Gasteiger charge is 2.18. The molecule has 0 spiro atoms. The molecule has 0 atom stereocenters. The topological polar surface area (TPSA) is 41.1 Å². The maximum absolute atomic E-state index is 4.82. The van der Waals surface area contributed by atoms with Gasteiger partial charge in [-0.25, -0.2) is 9.97 Å². The first-order chi connectivity index (χ1) is 9.90. The number of nitrogens with one attached hydrogen (secondary N) is 1. The Hall–Kier alpha value is -1.04. The van der Waals surface area contributed by atoms with Crippen molar-refractivity contribution in [2.24, 2.45) is 0 Å². The van der Waals surface area contributed by atoms with E-state index in [1.54, 1.807) is 4.88 Å². The van der Waals surface area contributed by atoms with Gasteiger partial charge in [0.25, 0.3) is 0 Å². The number of rotatable bonds is 2. The summed E-state index contributed by atoms with van der Waals surface area (Å²) < 4.78 is 0. The van der Waals surface area contributed by atoms with E-state index in [0.29, 0.717) is 0 Å². The largest absolute Gasteiger partial charge is 0.314 e. The van der Waals surface area contributed by atoms with Crippen molar-refractivity contribution < 1.29 is 0 Å². The second-order valence-corrected chi connectivity index (χ2v) is 6.83. The smallest absolute Gasteiger partial charge is 0.143 e. The van der Waals surface area contributed by atoms with Crippen molar-refractivity contribution in [3.63, 3.8) is 0 Å². The van der Waals surface area contributed by atoms with Crippen molar-refractivity contribution in [1.29, 1.82) is 0 Å². The lowest BCUT2D eigenvalue weighted by Gasteiger charge is -2.26. The van der Waals surface area contributed by atoms with Gasteiger partial charge in [-0.1, -0.05) is 0 Å². The molecule has 20 heavy (non-hydrogen) atoms. The highest BCUT2D eigenvalue weighted by atomic mass is 32.1. The quantitative estimate of drug-likeness (QED) is 0.917. The van der Waals surface area contributed by atoms with Gasteiger partial charge in [0.1, 0.15) is 10.7 Å². The van der Waals surface area contributed by atoms with E-state index < -0.39 is 0 Å². The summed E-state index contributed by atoms with van der Waals surface area (Å²) in [6.45, 7) is 5.25. The molecule has 4 nitrogen and oxygen atoms in total. The van der Waals surface area contributed by atoms with E-state index in [1.807, 2.05) is 11.3 Å². The van der Waals surface area contributed by atoms with E-state index in [-0.39, 0.29) is 0 Å². The molecule has 2 aliphatic rings. The normalized spacial score (nSPS) is 20.2. The molecule has 5 heteroatoms. The van der Waals surface area contributed by atoms with Crippen molar-refractivity contribution in [2.45, 2.75) is 32.2 Å². The van der Waals surface area contributed by atoms with Crippen LogP contribution in [0.25, 0.3) is 10.2 Å². The molecule has 0 radical (unpaired) electrons. The van der Waals surface area contributed by atoms with Crippen molar-refractivity contribution >= 4 is 21.6 Å². The van der Waals surface area contributed by atoms with Crippen molar-refractivity contribution in [3.05, 3.63) is 22.5 Å². The Morgan fingerprint density at radius 3 is 2.95 bits per heavy atom. The Morgan fingerprint density at radius 1 is 1.20 bits per heavy atom. The molecule has 1 saturated heterocycles. The summed E-state index contributed by atoms with van der Waals surface area (Å²) in [6.07, 6.45) is 7.18. The number of aromatic nitrogens is 2. The maximum atomic E-state index is 4.82. The third-order valence-corrected chi connectivity index (χ3v) is 5.54. The van der Waals surface area contributed by atoms with Crippen LogP contribution in [0.1, 0.15) is 29.1 Å². The van der Waals surface area contributed by atoms with Crippen LogP contribution < -0.4 is 5.32 Å². The lowest BCUT2D eigenvalue weighted by Crippen LogP contribution is -2.43. The van der Waals surface area contributed by atoms with Gasteiger partial charge in [0.15, 0.2) is 0 Å². The number of fused-ring (bicyclic) bond motifs is 3. The summed E-state index contributed by atoms with van der Waals surface area (Å²) in [4.78, 5) is 14.6. The van der Waals surface area contributed by atoms with E-state index in [1.165, 1.54) is 41.5 Å². The van der Waals surface area contributed by atoms with Gasteiger partial charge in [-0.05, 0) is 31.2 Å². The molecule has 1 aliphatic carbocycles. The molecule has 1 aliphatic heterocycles. The van der Waals surface area contributed by atoms with Gasteiger partial charge >= 0.3 is 0 Å². The minimum Gasteiger partial charge on any atom is -0.314 e. The average Bonchev–Trinajstić information content (AvgIpc) is 2.86. The average molecular weight is 288 g/mol. The fourth-order valence-corrected chi connectivity index (χ4v) is 4.47. The Balaban J connectivity index is 1.61. The molecule has 106 valence electrons. The van der Waals surface area contributed by atoms with Gasteiger partial charge < -0.3 is 5.32 Å². The number of hydrogen-bond donors (Lipinski definition) is 1. The fraction of sp³-hybridized carbons (Fsp3) is 0.600. The summed E-state index contributed by atoms with van der Waals surface area (Å²) in [5.74, 6) is 0.984. The molecule has 0 saturated carbocycles. The van der Waals surface area contributed by atoms with Gasteiger partial charge in [-0.2, -0.15) is 0 Å². The lowest BCUT2D eigenvalue weighted by atomic mass is 9.97. The zero-order valence-corrected chi connectivity index (χ0v) is 12.5. The molecular formula is C15H20N4S. The van der Waals surface area contributed by atoms with E-state index in [2.05, 4.69) is 21.4 Å². The third kappa shape index (κ3) is 2.34. The first kappa shape index (κ1) is 12.7. The molecule has 4 rings (SSSR count). The first-order valence-corrected chi connectivity index (χ1v) is 8.41. The number of nitrogens with zero attached hydrogens (tertiary/aromatic N) is 3. The Kier molecular flexibility index (Phi) is 3.42. The number of thiophene rings is 1. The number of hydrogen-bond acceptors (Lipinski definition) is 5. The van der Waals surface area contributed by atoms with Gasteiger partial charge in [-0.15, -0.1) is 11.3 Å².